The van der Waals surface area contributed by atoms with Crippen LogP contribution in [0.1, 0.15) is 0 Å². The van der Waals surface area contributed by atoms with Gasteiger partial charge in [-0.2, -0.15) is 0 Å². The van der Waals surface area contributed by atoms with Gasteiger partial charge < -0.3 is 4.42 Å². The molecule has 7 heteroatoms. The Morgan fingerprint density at radius 2 is 1.56 bits per heavy atom. The highest BCUT2D eigenvalue weighted by atomic mass is 35.5. The minimum atomic E-state index is -3.30. The Bertz CT molecular complexity index is 1090. The maximum Gasteiger partial charge on any atom is 0.175 e. The third-order valence-corrected chi connectivity index (χ3v) is 5.57. The lowest BCUT2D eigenvalue weighted by molar-refractivity contribution is 0.567. The lowest BCUT2D eigenvalue weighted by atomic mass is 10.0. The van der Waals surface area contributed by atoms with Crippen LogP contribution in [0.3, 0.4) is 0 Å². The SMILES string of the molecule is CS(=O)(=O)c1ccc(-c2occ(Cl)c(=S)c2-c2ccc(F)cc2)cc1. The smallest absolute Gasteiger partial charge is 0.175 e. The van der Waals surface area contributed by atoms with Crippen LogP contribution in [0, 0.1) is 10.3 Å². The van der Waals surface area contributed by atoms with Crippen LogP contribution in [-0.4, -0.2) is 14.7 Å². The average molecular weight is 395 g/mol. The second-order valence-electron chi connectivity index (χ2n) is 5.42. The van der Waals surface area contributed by atoms with Crippen molar-refractivity contribution in [1.29, 1.82) is 0 Å². The van der Waals surface area contributed by atoms with Crippen LogP contribution in [0.15, 0.2) is 64.1 Å². The fourth-order valence-electron chi connectivity index (χ4n) is 2.39. The molecule has 2 aromatic carbocycles. The highest BCUT2D eigenvalue weighted by Gasteiger charge is 2.16. The molecular weight excluding hydrogens is 383 g/mol. The zero-order valence-electron chi connectivity index (χ0n) is 13.0. The van der Waals surface area contributed by atoms with E-state index in [1.165, 1.54) is 30.5 Å². The molecule has 0 radical (unpaired) electrons. The molecule has 0 aliphatic rings. The molecular formula is C18H12ClFO3S2. The summed E-state index contributed by atoms with van der Waals surface area (Å²) >= 11 is 11.5. The lowest BCUT2D eigenvalue weighted by Gasteiger charge is -2.10. The van der Waals surface area contributed by atoms with Crippen molar-refractivity contribution in [2.75, 3.05) is 6.26 Å². The molecule has 0 saturated carbocycles. The average Bonchev–Trinajstić information content (AvgIpc) is 2.57. The topological polar surface area (TPSA) is 47.3 Å². The van der Waals surface area contributed by atoms with Gasteiger partial charge >= 0.3 is 0 Å². The van der Waals surface area contributed by atoms with Crippen molar-refractivity contribution in [3.05, 3.63) is 70.1 Å². The lowest BCUT2D eigenvalue weighted by Crippen LogP contribution is -1.96. The van der Waals surface area contributed by atoms with Gasteiger partial charge in [0.15, 0.2) is 9.84 Å². The van der Waals surface area contributed by atoms with Crippen molar-refractivity contribution in [3.8, 4) is 22.5 Å². The van der Waals surface area contributed by atoms with E-state index in [0.717, 1.165) is 6.26 Å². The van der Waals surface area contributed by atoms with Gasteiger partial charge in [0, 0.05) is 17.4 Å². The molecule has 1 heterocycles. The molecule has 3 rings (SSSR count). The number of benzene rings is 2. The fraction of sp³-hybridized carbons (Fsp3) is 0.0556. The van der Waals surface area contributed by atoms with E-state index in [9.17, 15) is 12.8 Å². The van der Waals surface area contributed by atoms with E-state index in [0.29, 0.717) is 27.0 Å². The summed E-state index contributed by atoms with van der Waals surface area (Å²) < 4.78 is 42.4. The van der Waals surface area contributed by atoms with Gasteiger partial charge in [-0.3, -0.25) is 0 Å². The molecule has 128 valence electrons. The van der Waals surface area contributed by atoms with Crippen LogP contribution < -0.4 is 0 Å². The first-order valence-corrected chi connectivity index (χ1v) is 9.83. The van der Waals surface area contributed by atoms with E-state index in [4.69, 9.17) is 28.2 Å². The third-order valence-electron chi connectivity index (χ3n) is 3.63. The van der Waals surface area contributed by atoms with Crippen molar-refractivity contribution >= 4 is 33.7 Å². The van der Waals surface area contributed by atoms with Gasteiger partial charge in [-0.1, -0.05) is 36.0 Å². The molecule has 0 saturated heterocycles. The zero-order valence-corrected chi connectivity index (χ0v) is 15.4. The predicted octanol–water partition coefficient (Wildman–Crippen LogP) is 5.54. The van der Waals surface area contributed by atoms with E-state index in [-0.39, 0.29) is 15.7 Å². The van der Waals surface area contributed by atoms with Crippen LogP contribution in [0.4, 0.5) is 4.39 Å². The maximum absolute atomic E-state index is 13.2. The summed E-state index contributed by atoms with van der Waals surface area (Å²) in [4.78, 5) is 0.201. The molecule has 3 nitrogen and oxygen atoms in total. The van der Waals surface area contributed by atoms with Crippen molar-refractivity contribution < 1.29 is 17.2 Å². The number of hydrogen-bond acceptors (Lipinski definition) is 4. The zero-order chi connectivity index (χ0) is 18.2. The number of hydrogen-bond donors (Lipinski definition) is 0. The Labute approximate surface area is 154 Å². The van der Waals surface area contributed by atoms with Crippen LogP contribution in [0.2, 0.25) is 5.02 Å². The molecule has 25 heavy (non-hydrogen) atoms. The molecule has 3 aromatic rings. The van der Waals surface area contributed by atoms with Crippen LogP contribution in [0.25, 0.3) is 22.5 Å². The molecule has 0 aliphatic heterocycles. The van der Waals surface area contributed by atoms with E-state index in [2.05, 4.69) is 0 Å². The van der Waals surface area contributed by atoms with Gasteiger partial charge in [0.1, 0.15) is 17.8 Å². The van der Waals surface area contributed by atoms with Crippen LogP contribution in [0.5, 0.6) is 0 Å². The molecule has 0 amide bonds. The second-order valence-corrected chi connectivity index (χ2v) is 8.25. The Morgan fingerprint density at radius 3 is 2.12 bits per heavy atom. The van der Waals surface area contributed by atoms with Gasteiger partial charge in [-0.15, -0.1) is 0 Å². The second kappa shape index (κ2) is 6.71. The van der Waals surface area contributed by atoms with E-state index >= 15 is 0 Å². The molecule has 0 unspecified atom stereocenters. The standard InChI is InChI=1S/C18H12ClFO3S2/c1-25(21,22)14-8-4-12(5-9-14)17-16(18(24)15(19)10-23-17)11-2-6-13(20)7-3-11/h2-10H,1H3. The number of halogens is 2. The summed E-state index contributed by atoms with van der Waals surface area (Å²) in [5, 5.41) is 0.269. The van der Waals surface area contributed by atoms with Crippen LogP contribution >= 0.6 is 23.8 Å². The Hall–Kier alpha value is -2.02. The normalized spacial score (nSPS) is 11.5. The first-order valence-electron chi connectivity index (χ1n) is 7.15. The summed E-state index contributed by atoms with van der Waals surface area (Å²) in [6.45, 7) is 0. The monoisotopic (exact) mass is 394 g/mol. The minimum Gasteiger partial charge on any atom is -0.462 e. The van der Waals surface area contributed by atoms with E-state index in [1.54, 1.807) is 24.3 Å². The van der Waals surface area contributed by atoms with Crippen molar-refractivity contribution in [2.24, 2.45) is 0 Å². The molecule has 0 atom stereocenters. The first kappa shape index (κ1) is 17.8. The maximum atomic E-state index is 13.2. The van der Waals surface area contributed by atoms with Crippen LogP contribution in [-0.2, 0) is 9.84 Å². The largest absolute Gasteiger partial charge is 0.462 e. The highest BCUT2D eigenvalue weighted by Crippen LogP contribution is 2.36. The Balaban J connectivity index is 2.22. The van der Waals surface area contributed by atoms with Crippen molar-refractivity contribution in [1.82, 2.24) is 0 Å². The van der Waals surface area contributed by atoms with Gasteiger partial charge in [-0.25, -0.2) is 12.8 Å². The third kappa shape index (κ3) is 3.66. The summed E-state index contributed by atoms with van der Waals surface area (Å²) in [6, 6.07) is 12.1. The first-order chi connectivity index (χ1) is 11.8. The molecule has 0 N–H and O–H groups in total. The Kier molecular flexibility index (Phi) is 4.77. The van der Waals surface area contributed by atoms with E-state index in [1.807, 2.05) is 0 Å². The highest BCUT2D eigenvalue weighted by molar-refractivity contribution is 7.90. The molecule has 0 bridgehead atoms. The van der Waals surface area contributed by atoms with Crippen molar-refractivity contribution in [3.63, 3.8) is 0 Å². The van der Waals surface area contributed by atoms with Gasteiger partial charge in [0.2, 0.25) is 0 Å². The summed E-state index contributed by atoms with van der Waals surface area (Å²) in [6.07, 6.45) is 2.47. The number of rotatable bonds is 3. The molecule has 1 aromatic heterocycles. The molecule has 0 fully saturated rings. The minimum absolute atomic E-state index is 0.201. The van der Waals surface area contributed by atoms with Crippen molar-refractivity contribution in [2.45, 2.75) is 4.90 Å². The predicted molar refractivity (Wildman–Crippen MR) is 98.5 cm³/mol. The number of sulfone groups is 1. The summed E-state index contributed by atoms with van der Waals surface area (Å²) in [5.41, 5.74) is 1.84. The van der Waals surface area contributed by atoms with E-state index < -0.39 is 9.84 Å². The Morgan fingerprint density at radius 1 is 1.00 bits per heavy atom. The molecule has 0 aliphatic carbocycles. The summed E-state index contributed by atoms with van der Waals surface area (Å²) in [5.74, 6) is 0.0637. The summed E-state index contributed by atoms with van der Waals surface area (Å²) in [7, 11) is -3.30. The van der Waals surface area contributed by atoms with Gasteiger partial charge in [0.05, 0.1) is 14.4 Å². The quantitative estimate of drug-likeness (QED) is 0.547. The van der Waals surface area contributed by atoms with Gasteiger partial charge in [-0.05, 0) is 42.0 Å². The molecule has 0 spiro atoms. The van der Waals surface area contributed by atoms with Gasteiger partial charge in [0.25, 0.3) is 0 Å². The fourth-order valence-corrected chi connectivity index (χ4v) is 3.42.